The highest BCUT2D eigenvalue weighted by Gasteiger charge is 2.34. The maximum Gasteiger partial charge on any atom is 0.401 e. The Balaban J connectivity index is 0.000000526. The van der Waals surface area contributed by atoms with Crippen LogP contribution in [0.2, 0.25) is 0 Å². The van der Waals surface area contributed by atoms with Gasteiger partial charge in [0.05, 0.1) is 82.2 Å². The first-order chi connectivity index (χ1) is 43.3. The van der Waals surface area contributed by atoms with Crippen molar-refractivity contribution in [2.24, 2.45) is 0 Å². The number of carbonyl (C=O) groups excluding carboxylic acids is 3. The number of hydrogen-bond acceptors (Lipinski definition) is 33. The average Bonchev–Trinajstić information content (AvgIpc) is 1.74. The second-order valence-corrected chi connectivity index (χ2v) is 32.6. The quantitative estimate of drug-likeness (QED) is 0.147. The molecule has 7 aliphatic rings. The van der Waals surface area contributed by atoms with Crippen molar-refractivity contribution in [3.05, 3.63) is 131 Å². The van der Waals surface area contributed by atoms with Gasteiger partial charge < -0.3 is 12.5 Å². The predicted octanol–water partition coefficient (Wildman–Crippen LogP) is 1.05. The first-order valence-corrected chi connectivity index (χ1v) is 40.4. The Hall–Kier alpha value is -7.25. The van der Waals surface area contributed by atoms with Crippen molar-refractivity contribution in [2.75, 3.05) is 51.8 Å². The van der Waals surface area contributed by atoms with Crippen LogP contribution in [-0.2, 0) is 166 Å². The molecule has 3 aromatic rings. The van der Waals surface area contributed by atoms with E-state index in [1.165, 1.54) is 24.3 Å². The normalized spacial score (nSPS) is 18.1. The fourth-order valence-electron chi connectivity index (χ4n) is 5.88. The molecule has 33 nitrogen and oxygen atoms in total. The van der Waals surface area contributed by atoms with Crippen LogP contribution in [0, 0.1) is 47.0 Å². The number of fused-ring (bicyclic) bond motifs is 2. The zero-order valence-corrected chi connectivity index (χ0v) is 57.0. The molecule has 0 unspecified atom stereocenters. The van der Waals surface area contributed by atoms with E-state index in [0.717, 1.165) is 66.0 Å². The molecule has 6 aliphatic heterocycles. The van der Waals surface area contributed by atoms with Crippen LogP contribution >= 0.6 is 0 Å². The smallest absolute Gasteiger partial charge is 0.339 e. The molecule has 0 saturated heterocycles. The number of terminal acetylenes is 2. The third-order valence-electron chi connectivity index (χ3n) is 9.59. The molecular weight excluding hydrogens is 1460 g/mol. The number of rotatable bonds is 11. The van der Waals surface area contributed by atoms with Gasteiger partial charge in [0.2, 0.25) is 0 Å². The SMILES string of the molecule is C#CCOS(=O)(=O)C1CCCCC1.C#CCOS(C)(=O)=O.C=CCOS(C)(=O)=O.CS(=O)(=O)OCc1ccccc1.O=C1C#CS(=O)(=O)O1.O=C1C=CS(=O)(=O)O1.O=C1OS(=O)(=O)c2ccccc21.O=S1(=O)C#CCO1.O=S1(=O)C=CCO1.O=S1(=O)OCc2ccccc21. The van der Waals surface area contributed by atoms with Crippen molar-refractivity contribution < 1.29 is 140 Å². The third-order valence-corrected chi connectivity index (χ3v) is 19.0. The Bertz CT molecular complexity index is 4630. The summed E-state index contributed by atoms with van der Waals surface area (Å²) in [6.07, 6.45) is 20.8. The van der Waals surface area contributed by atoms with E-state index in [4.69, 9.17) is 12.8 Å². The monoisotopic (exact) mass is 1520 g/mol. The van der Waals surface area contributed by atoms with Crippen LogP contribution < -0.4 is 0 Å². The molecule has 10 rings (SSSR count). The number of benzene rings is 3. The summed E-state index contributed by atoms with van der Waals surface area (Å²) in [6, 6.07) is 21.8. The molecule has 0 amide bonds. The molecule has 1 fully saturated rings. The molecule has 0 atom stereocenters. The number of hydrogen-bond donors (Lipinski definition) is 0. The van der Waals surface area contributed by atoms with Gasteiger partial charge in [-0.1, -0.05) is 104 Å². The van der Waals surface area contributed by atoms with Gasteiger partial charge in [-0.25, -0.2) is 18.6 Å². The summed E-state index contributed by atoms with van der Waals surface area (Å²) in [5.74, 6) is 5.51. The molecule has 1 saturated carbocycles. The zero-order chi connectivity index (χ0) is 71.7. The lowest BCUT2D eigenvalue weighted by Gasteiger charge is -2.20. The second-order valence-electron chi connectivity index (χ2n) is 17.2. The molecule has 6 heterocycles. The summed E-state index contributed by atoms with van der Waals surface area (Å²) in [4.78, 5) is 31.0. The maximum atomic E-state index is 11.4. The zero-order valence-electron chi connectivity index (χ0n) is 48.9. The Morgan fingerprint density at radius 2 is 1.15 bits per heavy atom. The molecule has 0 aromatic heterocycles. The van der Waals surface area contributed by atoms with Gasteiger partial charge >= 0.3 is 58.4 Å². The van der Waals surface area contributed by atoms with Crippen LogP contribution in [0.1, 0.15) is 53.6 Å². The van der Waals surface area contributed by atoms with E-state index in [9.17, 15) is 98.6 Å². The average molecular weight is 1520 g/mol. The Morgan fingerprint density at radius 3 is 1.51 bits per heavy atom. The summed E-state index contributed by atoms with van der Waals surface area (Å²) in [5.41, 5.74) is 1.70. The molecule has 0 N–H and O–H groups in total. The Labute approximate surface area is 545 Å². The largest absolute Gasteiger partial charge is 0.401 e. The van der Waals surface area contributed by atoms with Gasteiger partial charge in [-0.3, -0.25) is 25.1 Å². The van der Waals surface area contributed by atoms with Gasteiger partial charge in [-0.15, -0.1) is 19.4 Å². The van der Waals surface area contributed by atoms with E-state index in [1.54, 1.807) is 47.6 Å². The molecule has 94 heavy (non-hydrogen) atoms. The predicted molar refractivity (Wildman–Crippen MR) is 328 cm³/mol. The van der Waals surface area contributed by atoms with E-state index in [0.29, 0.717) is 17.7 Å². The Morgan fingerprint density at radius 1 is 0.596 bits per heavy atom. The molecule has 1 aliphatic carbocycles. The summed E-state index contributed by atoms with van der Waals surface area (Å²) in [6.45, 7) is 3.51. The minimum atomic E-state index is -3.81. The molecule has 518 valence electrons. The van der Waals surface area contributed by atoms with Crippen LogP contribution in [-0.4, -0.2) is 159 Å². The molecule has 3 aromatic carbocycles. The third kappa shape index (κ3) is 38.2. The molecule has 43 heteroatoms. The summed E-state index contributed by atoms with van der Waals surface area (Å²) < 4.78 is 251. The summed E-state index contributed by atoms with van der Waals surface area (Å²) in [7, 11) is -34.6. The lowest BCUT2D eigenvalue weighted by atomic mass is 10.0. The first-order valence-electron chi connectivity index (χ1n) is 24.9. The van der Waals surface area contributed by atoms with E-state index in [-0.39, 0.29) is 62.0 Å². The maximum absolute atomic E-state index is 11.4. The van der Waals surface area contributed by atoms with E-state index in [1.807, 2.05) is 41.5 Å². The topological polar surface area (TPSA) is 485 Å². The summed E-state index contributed by atoms with van der Waals surface area (Å²) in [5, 5.41) is 4.93. The van der Waals surface area contributed by atoms with E-state index < -0.39 is 119 Å². The standard InChI is InChI=1S/C9H14O3S.C8H10O3S.C7H4O4S.C7H6O3S.C4H8O3S.C4H6O3S.C3H2O4S.C3O4S.C3H4O3S.C3H2O3S/c1-2-8-12-13(10,11)9-6-4-3-5-7-9;1-12(9,10)11-7-8-5-3-2-4-6-8;8-7-5-3-1-2-4-6(5)12(9,10)11-7;8-11(9)7-4-2-1-3-6(7)5-10-11;2*1-3-4-7-8(2,5)6;2*4-3-1-2-8(5,6)7-3;2*4-7(5)3-1-2-6-7/h1,9H,3-8H2;2-6H,7H2,1H3;1-4H;1-4H,5H2;3H,1,4H2,2H3;1H,4H2,2H3;1-2H;;1,3H,2H2;2H2. The molecule has 0 spiro atoms. The van der Waals surface area contributed by atoms with Crippen LogP contribution in [0.5, 0.6) is 0 Å². The lowest BCUT2D eigenvalue weighted by molar-refractivity contribution is -0.128. The minimum absolute atomic E-state index is 0.0162. The van der Waals surface area contributed by atoms with Gasteiger partial charge in [0.15, 0.2) is 0 Å². The fourth-order valence-corrected chi connectivity index (χ4v) is 12.6. The van der Waals surface area contributed by atoms with Crippen LogP contribution in [0.3, 0.4) is 0 Å². The molecule has 0 bridgehead atoms. The molecule has 0 radical (unpaired) electrons. The van der Waals surface area contributed by atoms with Gasteiger partial charge in [0.25, 0.3) is 60.7 Å². The van der Waals surface area contributed by atoms with Gasteiger partial charge in [-0.05, 0) is 42.7 Å². The van der Waals surface area contributed by atoms with Crippen molar-refractivity contribution in [1.29, 1.82) is 0 Å². The van der Waals surface area contributed by atoms with Crippen LogP contribution in [0.15, 0.2) is 124 Å². The van der Waals surface area contributed by atoms with Crippen molar-refractivity contribution in [3.8, 4) is 47.0 Å². The molecular formula is C51H56O33S10. The van der Waals surface area contributed by atoms with E-state index in [2.05, 4.69) is 60.3 Å². The highest BCUT2D eigenvalue weighted by Crippen LogP contribution is 2.27. The highest BCUT2D eigenvalue weighted by atomic mass is 32.3. The first kappa shape index (κ1) is 84.8. The number of carbonyl (C=O) groups is 3. The van der Waals surface area contributed by atoms with Gasteiger partial charge in [0.1, 0.15) is 24.7 Å². The van der Waals surface area contributed by atoms with Crippen molar-refractivity contribution in [1.82, 2.24) is 0 Å². The summed E-state index contributed by atoms with van der Waals surface area (Å²) >= 11 is 0. The van der Waals surface area contributed by atoms with Gasteiger partial charge in [0, 0.05) is 17.6 Å². The lowest BCUT2D eigenvalue weighted by Crippen LogP contribution is -2.26. The van der Waals surface area contributed by atoms with E-state index >= 15 is 0 Å². The van der Waals surface area contributed by atoms with Crippen molar-refractivity contribution in [3.63, 3.8) is 0 Å². The Kier molecular flexibility index (Phi) is 35.1. The minimum Gasteiger partial charge on any atom is -0.339 e. The van der Waals surface area contributed by atoms with Gasteiger partial charge in [-0.2, -0.15) is 84.2 Å². The van der Waals surface area contributed by atoms with Crippen LogP contribution in [0.25, 0.3) is 0 Å². The van der Waals surface area contributed by atoms with Crippen LogP contribution in [0.4, 0.5) is 0 Å². The second kappa shape index (κ2) is 38.9. The van der Waals surface area contributed by atoms with Crippen molar-refractivity contribution >= 4 is 119 Å². The van der Waals surface area contributed by atoms with Crippen molar-refractivity contribution in [2.45, 2.75) is 60.4 Å². The fraction of sp³-hybridized carbons (Fsp3) is 0.314. The highest BCUT2D eigenvalue weighted by molar-refractivity contribution is 7.92.